The number of rotatable bonds is 7. The molecule has 1 amide bonds. The van der Waals surface area contributed by atoms with E-state index >= 15 is 0 Å². The summed E-state index contributed by atoms with van der Waals surface area (Å²) >= 11 is 0. The summed E-state index contributed by atoms with van der Waals surface area (Å²) in [6.07, 6.45) is 2.65. The smallest absolute Gasteiger partial charge is 0.387 e. The third-order valence-corrected chi connectivity index (χ3v) is 4.57. The van der Waals surface area contributed by atoms with Gasteiger partial charge < -0.3 is 10.1 Å². The minimum Gasteiger partial charge on any atom is -0.435 e. The van der Waals surface area contributed by atoms with Gasteiger partial charge in [-0.1, -0.05) is 12.1 Å². The van der Waals surface area contributed by atoms with Crippen LogP contribution in [0.15, 0.2) is 48.5 Å². The molecule has 1 unspecified atom stereocenters. The highest BCUT2D eigenvalue weighted by Gasteiger charge is 2.26. The van der Waals surface area contributed by atoms with Gasteiger partial charge in [0.2, 0.25) is 5.91 Å². The number of carbonyl (C=O) groups excluding carboxylic acids is 1. The normalized spacial score (nSPS) is 17.3. The second-order valence-corrected chi connectivity index (χ2v) is 6.55. The van der Waals surface area contributed by atoms with E-state index < -0.39 is 6.61 Å². The Morgan fingerprint density at radius 2 is 2.00 bits per heavy atom. The number of anilines is 1. The maximum absolute atomic E-state index is 13.4. The monoisotopic (exact) mass is 378 g/mol. The van der Waals surface area contributed by atoms with Crippen molar-refractivity contribution in [3.63, 3.8) is 0 Å². The molecule has 144 valence electrons. The molecule has 1 aliphatic rings. The van der Waals surface area contributed by atoms with Gasteiger partial charge in [-0.2, -0.15) is 8.78 Å². The zero-order chi connectivity index (χ0) is 19.2. The molecular weight excluding hydrogens is 357 g/mol. The first-order valence-corrected chi connectivity index (χ1v) is 8.83. The molecule has 3 rings (SSSR count). The molecule has 7 heteroatoms. The summed E-state index contributed by atoms with van der Waals surface area (Å²) in [5.74, 6) is -0.393. The summed E-state index contributed by atoms with van der Waals surface area (Å²) in [6, 6.07) is 12.5. The van der Waals surface area contributed by atoms with Gasteiger partial charge in [0.15, 0.2) is 0 Å². The van der Waals surface area contributed by atoms with E-state index in [0.29, 0.717) is 12.1 Å². The van der Waals surface area contributed by atoms with Gasteiger partial charge in [0.1, 0.15) is 11.6 Å². The largest absolute Gasteiger partial charge is 0.435 e. The fourth-order valence-electron chi connectivity index (χ4n) is 3.38. The first kappa shape index (κ1) is 19.2. The third kappa shape index (κ3) is 5.72. The molecule has 1 N–H and O–H groups in total. The summed E-state index contributed by atoms with van der Waals surface area (Å²) in [5.41, 5.74) is 1.43. The molecule has 0 saturated carbocycles. The van der Waals surface area contributed by atoms with Gasteiger partial charge >= 0.3 is 6.61 Å². The number of hydrogen-bond acceptors (Lipinski definition) is 3. The van der Waals surface area contributed by atoms with Crippen LogP contribution in [0.25, 0.3) is 0 Å². The van der Waals surface area contributed by atoms with E-state index in [2.05, 4.69) is 15.0 Å². The molecule has 1 aliphatic heterocycles. The van der Waals surface area contributed by atoms with E-state index in [1.54, 1.807) is 6.07 Å². The average molecular weight is 378 g/mol. The number of halogens is 3. The molecule has 27 heavy (non-hydrogen) atoms. The molecule has 1 heterocycles. The second-order valence-electron chi connectivity index (χ2n) is 6.55. The van der Waals surface area contributed by atoms with Crippen molar-refractivity contribution in [2.75, 3.05) is 18.4 Å². The second kappa shape index (κ2) is 8.90. The predicted molar refractivity (Wildman–Crippen MR) is 96.4 cm³/mol. The summed E-state index contributed by atoms with van der Waals surface area (Å²) in [7, 11) is 0. The molecule has 0 spiro atoms. The number of carbonyl (C=O) groups is 1. The molecule has 2 aromatic rings. The van der Waals surface area contributed by atoms with Crippen LogP contribution in [0.3, 0.4) is 0 Å². The van der Waals surface area contributed by atoms with Crippen molar-refractivity contribution >= 4 is 11.6 Å². The van der Waals surface area contributed by atoms with Gasteiger partial charge in [-0.05, 0) is 67.8 Å². The van der Waals surface area contributed by atoms with E-state index in [9.17, 15) is 18.0 Å². The van der Waals surface area contributed by atoms with E-state index in [1.807, 2.05) is 6.07 Å². The molecular formula is C20H21F3N2O2. The lowest BCUT2D eigenvalue weighted by Gasteiger charge is -2.24. The zero-order valence-corrected chi connectivity index (χ0v) is 14.7. The highest BCUT2D eigenvalue weighted by molar-refractivity contribution is 5.92. The van der Waals surface area contributed by atoms with Crippen LogP contribution in [-0.2, 0) is 11.2 Å². The number of amides is 1. The Kier molecular flexibility index (Phi) is 6.34. The first-order chi connectivity index (χ1) is 13.0. The van der Waals surface area contributed by atoms with Crippen molar-refractivity contribution in [2.45, 2.75) is 31.9 Å². The number of likely N-dealkylation sites (tertiary alicyclic amines) is 1. The Morgan fingerprint density at radius 3 is 2.70 bits per heavy atom. The van der Waals surface area contributed by atoms with Crippen LogP contribution in [0.2, 0.25) is 0 Å². The quantitative estimate of drug-likeness (QED) is 0.790. The maximum atomic E-state index is 13.4. The molecule has 0 bridgehead atoms. The van der Waals surface area contributed by atoms with Crippen LogP contribution >= 0.6 is 0 Å². The average Bonchev–Trinajstić information content (AvgIpc) is 3.03. The minimum atomic E-state index is -2.88. The summed E-state index contributed by atoms with van der Waals surface area (Å²) in [6.45, 7) is -1.83. The van der Waals surface area contributed by atoms with Crippen LogP contribution in [0.4, 0.5) is 18.9 Å². The SMILES string of the molecule is O=C(CN1CCCC1Cc1cccc(F)c1)Nc1ccc(OC(F)F)cc1. The molecule has 1 fully saturated rings. The molecule has 0 radical (unpaired) electrons. The van der Waals surface area contributed by atoms with E-state index in [-0.39, 0.29) is 30.1 Å². The lowest BCUT2D eigenvalue weighted by atomic mass is 10.0. The molecule has 0 aliphatic carbocycles. The molecule has 0 aromatic heterocycles. The van der Waals surface area contributed by atoms with Crippen LogP contribution in [0.1, 0.15) is 18.4 Å². The van der Waals surface area contributed by atoms with Crippen molar-refractivity contribution in [1.82, 2.24) is 4.90 Å². The molecule has 1 atom stereocenters. The zero-order valence-electron chi connectivity index (χ0n) is 14.7. The lowest BCUT2D eigenvalue weighted by Crippen LogP contribution is -2.37. The molecule has 1 saturated heterocycles. The van der Waals surface area contributed by atoms with Gasteiger partial charge in [-0.15, -0.1) is 0 Å². The number of hydrogen-bond donors (Lipinski definition) is 1. The van der Waals surface area contributed by atoms with Gasteiger partial charge in [0, 0.05) is 11.7 Å². The van der Waals surface area contributed by atoms with Gasteiger partial charge in [-0.25, -0.2) is 4.39 Å². The fraction of sp³-hybridized carbons (Fsp3) is 0.350. The Balaban J connectivity index is 1.53. The lowest BCUT2D eigenvalue weighted by molar-refractivity contribution is -0.117. The summed E-state index contributed by atoms with van der Waals surface area (Å²) in [5, 5.41) is 2.76. The van der Waals surface area contributed by atoms with Gasteiger partial charge in [0.05, 0.1) is 6.54 Å². The number of benzene rings is 2. The van der Waals surface area contributed by atoms with Crippen molar-refractivity contribution in [3.8, 4) is 5.75 Å². The standard InChI is InChI=1S/C20H21F3N2O2/c21-15-4-1-3-14(11-15)12-17-5-2-10-25(17)13-19(26)24-16-6-8-18(9-7-16)27-20(22)23/h1,3-4,6-9,11,17,20H,2,5,10,12-13H2,(H,24,26). The molecule has 2 aromatic carbocycles. The number of nitrogens with one attached hydrogen (secondary N) is 1. The number of nitrogens with zero attached hydrogens (tertiary/aromatic N) is 1. The third-order valence-electron chi connectivity index (χ3n) is 4.57. The summed E-state index contributed by atoms with van der Waals surface area (Å²) in [4.78, 5) is 14.4. The maximum Gasteiger partial charge on any atom is 0.387 e. The van der Waals surface area contributed by atoms with Crippen molar-refractivity contribution in [1.29, 1.82) is 0 Å². The van der Waals surface area contributed by atoms with Crippen molar-refractivity contribution in [2.24, 2.45) is 0 Å². The van der Waals surface area contributed by atoms with Crippen LogP contribution in [-0.4, -0.2) is 36.5 Å². The predicted octanol–water partition coefficient (Wildman–Crippen LogP) is 4.07. The van der Waals surface area contributed by atoms with Crippen LogP contribution < -0.4 is 10.1 Å². The Morgan fingerprint density at radius 1 is 1.22 bits per heavy atom. The Labute approximate surface area is 155 Å². The van der Waals surface area contributed by atoms with Crippen molar-refractivity contribution < 1.29 is 22.7 Å². The van der Waals surface area contributed by atoms with Crippen LogP contribution in [0, 0.1) is 5.82 Å². The minimum absolute atomic E-state index is 0.0395. The topological polar surface area (TPSA) is 41.6 Å². The van der Waals surface area contributed by atoms with Crippen LogP contribution in [0.5, 0.6) is 5.75 Å². The summed E-state index contributed by atoms with van der Waals surface area (Å²) < 4.78 is 42.0. The highest BCUT2D eigenvalue weighted by atomic mass is 19.3. The van der Waals surface area contributed by atoms with E-state index in [0.717, 1.165) is 24.9 Å². The van der Waals surface area contributed by atoms with E-state index in [4.69, 9.17) is 0 Å². The molecule has 4 nitrogen and oxygen atoms in total. The fourth-order valence-corrected chi connectivity index (χ4v) is 3.38. The van der Waals surface area contributed by atoms with Crippen molar-refractivity contribution in [3.05, 3.63) is 59.9 Å². The number of alkyl halides is 2. The Hall–Kier alpha value is -2.54. The number of ether oxygens (including phenoxy) is 1. The van der Waals surface area contributed by atoms with E-state index in [1.165, 1.54) is 36.4 Å². The Bertz CT molecular complexity index is 768. The highest BCUT2D eigenvalue weighted by Crippen LogP contribution is 2.22. The first-order valence-electron chi connectivity index (χ1n) is 8.83. The van der Waals surface area contributed by atoms with Gasteiger partial charge in [0.25, 0.3) is 0 Å². The van der Waals surface area contributed by atoms with Gasteiger partial charge in [-0.3, -0.25) is 9.69 Å².